The second-order valence-corrected chi connectivity index (χ2v) is 5.75. The Morgan fingerprint density at radius 2 is 1.26 bits per heavy atom. The molecule has 0 spiro atoms. The standard InChI is InChI=1S/C20H15F3O4/c1-10(2)19(24)26-17-6-5-12(7-14(17)21)13-8-15(22)18(16(23)9-13)27-20(25)11(3)4/h5-9H,1,3H2,2,4H3. The topological polar surface area (TPSA) is 52.6 Å². The van der Waals surface area contributed by atoms with Crippen LogP contribution in [0.3, 0.4) is 0 Å². The smallest absolute Gasteiger partial charge is 0.338 e. The van der Waals surface area contributed by atoms with Crippen molar-refractivity contribution < 1.29 is 32.2 Å². The molecular formula is C20H15F3O4. The Bertz CT molecular complexity index is 941. The van der Waals surface area contributed by atoms with Crippen molar-refractivity contribution in [2.24, 2.45) is 0 Å². The van der Waals surface area contributed by atoms with Crippen LogP contribution in [-0.4, -0.2) is 11.9 Å². The molecule has 2 aromatic carbocycles. The molecule has 0 bridgehead atoms. The van der Waals surface area contributed by atoms with Gasteiger partial charge in [0, 0.05) is 11.1 Å². The normalized spacial score (nSPS) is 10.3. The SMILES string of the molecule is C=C(C)C(=O)Oc1ccc(-c2cc(F)c(OC(=O)C(=C)C)c(F)c2)cc1F. The first-order valence-electron chi connectivity index (χ1n) is 7.64. The predicted molar refractivity (Wildman–Crippen MR) is 92.7 cm³/mol. The van der Waals surface area contributed by atoms with Crippen LogP contribution in [-0.2, 0) is 9.59 Å². The van der Waals surface area contributed by atoms with E-state index in [-0.39, 0.29) is 28.0 Å². The van der Waals surface area contributed by atoms with Crippen LogP contribution in [0.1, 0.15) is 13.8 Å². The number of carbonyl (C=O) groups is 2. The molecule has 7 heteroatoms. The lowest BCUT2D eigenvalue weighted by Crippen LogP contribution is -2.11. The Kier molecular flexibility index (Phi) is 5.85. The lowest BCUT2D eigenvalue weighted by Gasteiger charge is -2.10. The summed E-state index contributed by atoms with van der Waals surface area (Å²) in [4.78, 5) is 22.9. The minimum atomic E-state index is -1.14. The highest BCUT2D eigenvalue weighted by Crippen LogP contribution is 2.31. The van der Waals surface area contributed by atoms with Crippen molar-refractivity contribution in [3.8, 4) is 22.6 Å². The van der Waals surface area contributed by atoms with Crippen LogP contribution in [0.15, 0.2) is 54.6 Å². The molecule has 2 aromatic rings. The van der Waals surface area contributed by atoms with Crippen molar-refractivity contribution in [1.29, 1.82) is 0 Å². The van der Waals surface area contributed by atoms with E-state index in [1.807, 2.05) is 0 Å². The van der Waals surface area contributed by atoms with Gasteiger partial charge in [-0.3, -0.25) is 0 Å². The van der Waals surface area contributed by atoms with Gasteiger partial charge in [0.25, 0.3) is 0 Å². The molecule has 0 amide bonds. The van der Waals surface area contributed by atoms with Gasteiger partial charge in [-0.15, -0.1) is 0 Å². The summed E-state index contributed by atoms with van der Waals surface area (Å²) in [5, 5.41) is 0. The number of esters is 2. The number of rotatable bonds is 5. The fraction of sp³-hybridized carbons (Fsp3) is 0.100. The van der Waals surface area contributed by atoms with E-state index < -0.39 is 35.1 Å². The molecule has 0 N–H and O–H groups in total. The molecule has 0 aromatic heterocycles. The van der Waals surface area contributed by atoms with Gasteiger partial charge in [-0.2, -0.15) is 0 Å². The zero-order valence-electron chi connectivity index (χ0n) is 14.6. The molecule has 0 aliphatic heterocycles. The fourth-order valence-electron chi connectivity index (χ4n) is 1.95. The molecule has 0 atom stereocenters. The van der Waals surface area contributed by atoms with Crippen LogP contribution in [0.25, 0.3) is 11.1 Å². The summed E-state index contributed by atoms with van der Waals surface area (Å²) in [5.74, 6) is -6.19. The van der Waals surface area contributed by atoms with Gasteiger partial charge in [0.2, 0.25) is 5.75 Å². The molecule has 0 aliphatic rings. The number of ether oxygens (including phenoxy) is 2. The highest BCUT2D eigenvalue weighted by atomic mass is 19.1. The summed E-state index contributed by atoms with van der Waals surface area (Å²) in [7, 11) is 0. The summed E-state index contributed by atoms with van der Waals surface area (Å²) in [6, 6.07) is 5.19. The predicted octanol–water partition coefficient (Wildman–Crippen LogP) is 4.73. The summed E-state index contributed by atoms with van der Waals surface area (Å²) in [5.41, 5.74) is 0.178. The van der Waals surface area contributed by atoms with Crippen molar-refractivity contribution in [2.75, 3.05) is 0 Å². The molecule has 0 fully saturated rings. The van der Waals surface area contributed by atoms with E-state index in [0.717, 1.165) is 24.3 Å². The first kappa shape index (κ1) is 20.0. The van der Waals surface area contributed by atoms with Crippen molar-refractivity contribution in [2.45, 2.75) is 13.8 Å². The Labute approximate surface area is 153 Å². The van der Waals surface area contributed by atoms with Crippen LogP contribution < -0.4 is 9.47 Å². The van der Waals surface area contributed by atoms with Crippen LogP contribution >= 0.6 is 0 Å². The molecule has 0 radical (unpaired) electrons. The highest BCUT2D eigenvalue weighted by molar-refractivity contribution is 5.89. The Morgan fingerprint density at radius 1 is 0.778 bits per heavy atom. The minimum absolute atomic E-state index is 0.00296. The molecule has 0 aliphatic carbocycles. The van der Waals surface area contributed by atoms with E-state index in [1.54, 1.807) is 0 Å². The zero-order chi connectivity index (χ0) is 20.3. The monoisotopic (exact) mass is 376 g/mol. The molecule has 27 heavy (non-hydrogen) atoms. The first-order chi connectivity index (χ1) is 12.6. The Morgan fingerprint density at radius 3 is 1.74 bits per heavy atom. The third kappa shape index (κ3) is 4.63. The van der Waals surface area contributed by atoms with E-state index in [1.165, 1.54) is 19.9 Å². The van der Waals surface area contributed by atoms with E-state index in [2.05, 4.69) is 17.9 Å². The van der Waals surface area contributed by atoms with E-state index in [9.17, 15) is 22.8 Å². The molecule has 0 saturated heterocycles. The number of benzene rings is 2. The summed E-state index contributed by atoms with van der Waals surface area (Å²) < 4.78 is 51.8. The summed E-state index contributed by atoms with van der Waals surface area (Å²) in [6.45, 7) is 9.44. The molecule has 0 saturated carbocycles. The van der Waals surface area contributed by atoms with Gasteiger partial charge in [0.05, 0.1) is 0 Å². The van der Waals surface area contributed by atoms with Crippen molar-refractivity contribution in [1.82, 2.24) is 0 Å². The van der Waals surface area contributed by atoms with E-state index in [0.29, 0.717) is 0 Å². The number of carbonyl (C=O) groups excluding carboxylic acids is 2. The average molecular weight is 376 g/mol. The highest BCUT2D eigenvalue weighted by Gasteiger charge is 2.18. The van der Waals surface area contributed by atoms with Crippen LogP contribution in [0, 0.1) is 17.5 Å². The maximum absolute atomic E-state index is 14.1. The minimum Gasteiger partial charge on any atom is -0.420 e. The van der Waals surface area contributed by atoms with Gasteiger partial charge in [-0.1, -0.05) is 19.2 Å². The van der Waals surface area contributed by atoms with Gasteiger partial charge in [-0.05, 0) is 49.2 Å². The zero-order valence-corrected chi connectivity index (χ0v) is 14.6. The number of hydrogen-bond acceptors (Lipinski definition) is 4. The van der Waals surface area contributed by atoms with E-state index >= 15 is 0 Å². The molecule has 140 valence electrons. The van der Waals surface area contributed by atoms with Gasteiger partial charge in [0.15, 0.2) is 23.2 Å². The third-order valence-electron chi connectivity index (χ3n) is 3.36. The van der Waals surface area contributed by atoms with Crippen molar-refractivity contribution in [3.05, 3.63) is 72.1 Å². The maximum atomic E-state index is 14.1. The average Bonchev–Trinajstić information content (AvgIpc) is 2.59. The Hall–Kier alpha value is -3.35. The van der Waals surface area contributed by atoms with Crippen molar-refractivity contribution >= 4 is 11.9 Å². The van der Waals surface area contributed by atoms with Gasteiger partial charge < -0.3 is 9.47 Å². The largest absolute Gasteiger partial charge is 0.420 e. The quantitative estimate of drug-likeness (QED) is 0.430. The number of halogens is 3. The lowest BCUT2D eigenvalue weighted by atomic mass is 10.0. The first-order valence-corrected chi connectivity index (χ1v) is 7.64. The van der Waals surface area contributed by atoms with Crippen LogP contribution in [0.2, 0.25) is 0 Å². The van der Waals surface area contributed by atoms with Crippen LogP contribution in [0.5, 0.6) is 11.5 Å². The molecular weight excluding hydrogens is 361 g/mol. The van der Waals surface area contributed by atoms with Gasteiger partial charge >= 0.3 is 11.9 Å². The molecule has 2 rings (SSSR count). The maximum Gasteiger partial charge on any atom is 0.338 e. The molecule has 0 heterocycles. The number of hydrogen-bond donors (Lipinski definition) is 0. The molecule has 4 nitrogen and oxygen atoms in total. The fourth-order valence-corrected chi connectivity index (χ4v) is 1.95. The van der Waals surface area contributed by atoms with Gasteiger partial charge in [-0.25, -0.2) is 22.8 Å². The van der Waals surface area contributed by atoms with Crippen molar-refractivity contribution in [3.63, 3.8) is 0 Å². The van der Waals surface area contributed by atoms with Crippen LogP contribution in [0.4, 0.5) is 13.2 Å². The summed E-state index contributed by atoms with van der Waals surface area (Å²) in [6.07, 6.45) is 0. The second kappa shape index (κ2) is 7.90. The van der Waals surface area contributed by atoms with E-state index in [4.69, 9.17) is 4.74 Å². The van der Waals surface area contributed by atoms with Gasteiger partial charge in [0.1, 0.15) is 0 Å². The lowest BCUT2D eigenvalue weighted by molar-refractivity contribution is -0.131. The Balaban J connectivity index is 2.35. The third-order valence-corrected chi connectivity index (χ3v) is 3.36. The summed E-state index contributed by atoms with van der Waals surface area (Å²) >= 11 is 0. The molecule has 0 unspecified atom stereocenters. The second-order valence-electron chi connectivity index (χ2n) is 5.75.